The number of hydrazine groups is 1. The summed E-state index contributed by atoms with van der Waals surface area (Å²) in [6.45, 7) is 1.81. The Hall–Kier alpha value is -3.42. The summed E-state index contributed by atoms with van der Waals surface area (Å²) in [6, 6.07) is 12.0. The zero-order valence-corrected chi connectivity index (χ0v) is 16.3. The molecule has 1 unspecified atom stereocenters. The number of para-hydroxylation sites is 1. The molecule has 0 heterocycles. The van der Waals surface area contributed by atoms with Gasteiger partial charge >= 0.3 is 0 Å². The summed E-state index contributed by atoms with van der Waals surface area (Å²) in [6.07, 6.45) is -0.316. The van der Waals surface area contributed by atoms with Crippen molar-refractivity contribution in [2.24, 2.45) is 0 Å². The Bertz CT molecular complexity index is 785. The molecule has 0 aromatic heterocycles. The third kappa shape index (κ3) is 5.06. The van der Waals surface area contributed by atoms with E-state index in [2.05, 4.69) is 10.9 Å². The Balaban J connectivity index is 2.05. The normalized spacial score (nSPS) is 11.1. The van der Waals surface area contributed by atoms with Crippen LogP contribution < -0.4 is 29.8 Å². The molecule has 0 aliphatic heterocycles. The molecule has 2 amide bonds. The van der Waals surface area contributed by atoms with E-state index < -0.39 is 17.9 Å². The van der Waals surface area contributed by atoms with Gasteiger partial charge in [-0.15, -0.1) is 0 Å². The predicted molar refractivity (Wildman–Crippen MR) is 103 cm³/mol. The molecular weight excluding hydrogens is 364 g/mol. The third-order valence-corrected chi connectivity index (χ3v) is 3.91. The molecule has 150 valence electrons. The topological polar surface area (TPSA) is 95.1 Å². The molecule has 2 aromatic carbocycles. The van der Waals surface area contributed by atoms with E-state index in [0.717, 1.165) is 0 Å². The van der Waals surface area contributed by atoms with Gasteiger partial charge in [0, 0.05) is 5.56 Å². The molecule has 8 nitrogen and oxygen atoms in total. The first-order valence-electron chi connectivity index (χ1n) is 8.65. The van der Waals surface area contributed by atoms with Crippen molar-refractivity contribution in [1.82, 2.24) is 10.9 Å². The fourth-order valence-electron chi connectivity index (χ4n) is 2.47. The Morgan fingerprint density at radius 1 is 0.929 bits per heavy atom. The Labute approximate surface area is 163 Å². The van der Waals surface area contributed by atoms with E-state index >= 15 is 0 Å². The van der Waals surface area contributed by atoms with Crippen LogP contribution in [0.5, 0.6) is 23.0 Å². The monoisotopic (exact) mass is 388 g/mol. The van der Waals surface area contributed by atoms with Crippen LogP contribution >= 0.6 is 0 Å². The van der Waals surface area contributed by atoms with Crippen LogP contribution in [0.3, 0.4) is 0 Å². The summed E-state index contributed by atoms with van der Waals surface area (Å²) < 4.78 is 21.3. The molecule has 8 heteroatoms. The zero-order chi connectivity index (χ0) is 20.5. The van der Waals surface area contributed by atoms with Gasteiger partial charge in [-0.1, -0.05) is 25.1 Å². The number of nitrogens with one attached hydrogen (secondary N) is 2. The lowest BCUT2D eigenvalue weighted by Crippen LogP contribution is -2.47. The molecule has 0 aliphatic carbocycles. The number of hydrogen-bond acceptors (Lipinski definition) is 6. The molecule has 0 spiro atoms. The lowest BCUT2D eigenvalue weighted by molar-refractivity contribution is -0.128. The maximum absolute atomic E-state index is 12.4. The average molecular weight is 388 g/mol. The van der Waals surface area contributed by atoms with Gasteiger partial charge in [-0.2, -0.15) is 0 Å². The molecule has 2 rings (SSSR count). The number of amides is 2. The first-order valence-corrected chi connectivity index (χ1v) is 8.65. The van der Waals surface area contributed by atoms with Gasteiger partial charge in [0.25, 0.3) is 11.8 Å². The summed E-state index contributed by atoms with van der Waals surface area (Å²) in [7, 11) is 4.37. The van der Waals surface area contributed by atoms with Crippen molar-refractivity contribution in [3.05, 3.63) is 48.0 Å². The maximum atomic E-state index is 12.4. The van der Waals surface area contributed by atoms with Gasteiger partial charge in [-0.25, -0.2) is 0 Å². The minimum Gasteiger partial charge on any atom is -0.493 e. The highest BCUT2D eigenvalue weighted by Crippen LogP contribution is 2.38. The molecule has 0 saturated heterocycles. The molecule has 0 bridgehead atoms. The molecule has 0 radical (unpaired) electrons. The van der Waals surface area contributed by atoms with Gasteiger partial charge in [0.15, 0.2) is 17.6 Å². The fourth-order valence-corrected chi connectivity index (χ4v) is 2.47. The van der Waals surface area contributed by atoms with Crippen LogP contribution in [0.2, 0.25) is 0 Å². The predicted octanol–water partition coefficient (Wildman–Crippen LogP) is 2.33. The summed E-state index contributed by atoms with van der Waals surface area (Å²) in [4.78, 5) is 24.8. The highest BCUT2D eigenvalue weighted by atomic mass is 16.5. The second kappa shape index (κ2) is 10.1. The minimum atomic E-state index is -0.748. The minimum absolute atomic E-state index is 0.229. The lowest BCUT2D eigenvalue weighted by atomic mass is 10.1. The van der Waals surface area contributed by atoms with Gasteiger partial charge in [-0.05, 0) is 30.7 Å². The third-order valence-electron chi connectivity index (χ3n) is 3.91. The Morgan fingerprint density at radius 2 is 1.54 bits per heavy atom. The molecule has 0 fully saturated rings. The second-order valence-electron chi connectivity index (χ2n) is 5.69. The number of carbonyl (C=O) groups is 2. The lowest BCUT2D eigenvalue weighted by Gasteiger charge is -2.18. The molecular formula is C20H24N2O6. The molecule has 1 atom stereocenters. The van der Waals surface area contributed by atoms with Crippen LogP contribution in [0.25, 0.3) is 0 Å². The van der Waals surface area contributed by atoms with Crippen molar-refractivity contribution in [1.29, 1.82) is 0 Å². The van der Waals surface area contributed by atoms with Gasteiger partial charge in [0.2, 0.25) is 5.75 Å². The number of hydrogen-bond donors (Lipinski definition) is 2. The summed E-state index contributed by atoms with van der Waals surface area (Å²) in [5.41, 5.74) is 4.98. The average Bonchev–Trinajstić information content (AvgIpc) is 2.74. The summed E-state index contributed by atoms with van der Waals surface area (Å²) in [5.74, 6) is 0.594. The molecule has 0 saturated carbocycles. The summed E-state index contributed by atoms with van der Waals surface area (Å²) in [5, 5.41) is 0. The van der Waals surface area contributed by atoms with Crippen LogP contribution in [0.15, 0.2) is 42.5 Å². The van der Waals surface area contributed by atoms with E-state index in [-0.39, 0.29) is 5.56 Å². The van der Waals surface area contributed by atoms with Gasteiger partial charge < -0.3 is 18.9 Å². The van der Waals surface area contributed by atoms with E-state index in [1.54, 1.807) is 12.1 Å². The van der Waals surface area contributed by atoms with Crippen LogP contribution in [0.1, 0.15) is 23.7 Å². The van der Waals surface area contributed by atoms with Gasteiger partial charge in [-0.3, -0.25) is 20.4 Å². The molecule has 28 heavy (non-hydrogen) atoms. The van der Waals surface area contributed by atoms with E-state index in [1.807, 2.05) is 25.1 Å². The van der Waals surface area contributed by atoms with Crippen molar-refractivity contribution in [2.45, 2.75) is 19.4 Å². The highest BCUT2D eigenvalue weighted by molar-refractivity contribution is 5.97. The van der Waals surface area contributed by atoms with Crippen molar-refractivity contribution in [3.8, 4) is 23.0 Å². The van der Waals surface area contributed by atoms with Gasteiger partial charge in [0.05, 0.1) is 21.3 Å². The van der Waals surface area contributed by atoms with E-state index in [9.17, 15) is 9.59 Å². The first-order chi connectivity index (χ1) is 13.5. The summed E-state index contributed by atoms with van der Waals surface area (Å²) >= 11 is 0. The highest BCUT2D eigenvalue weighted by Gasteiger charge is 2.21. The standard InChI is InChI=1S/C20H24N2O6/c1-5-15(28-14-9-7-6-8-10-14)20(24)22-21-19(23)13-11-16(25-2)18(27-4)17(12-13)26-3/h6-12,15H,5H2,1-4H3,(H,21,23)(H,22,24). The van der Waals surface area contributed by atoms with Crippen molar-refractivity contribution in [3.63, 3.8) is 0 Å². The SMILES string of the molecule is CCC(Oc1ccccc1)C(=O)NNC(=O)c1cc(OC)c(OC)c(OC)c1. The fraction of sp³-hybridized carbons (Fsp3) is 0.300. The Morgan fingerprint density at radius 3 is 2.04 bits per heavy atom. The van der Waals surface area contributed by atoms with Crippen LogP contribution in [0, 0.1) is 0 Å². The largest absolute Gasteiger partial charge is 0.493 e. The molecule has 2 N–H and O–H groups in total. The second-order valence-corrected chi connectivity index (χ2v) is 5.69. The van der Waals surface area contributed by atoms with Crippen LogP contribution in [0.4, 0.5) is 0 Å². The smallest absolute Gasteiger partial charge is 0.279 e. The number of benzene rings is 2. The van der Waals surface area contributed by atoms with Crippen molar-refractivity contribution in [2.75, 3.05) is 21.3 Å². The first kappa shape index (κ1) is 20.9. The van der Waals surface area contributed by atoms with E-state index in [0.29, 0.717) is 29.4 Å². The number of methoxy groups -OCH3 is 3. The number of rotatable bonds is 8. The van der Waals surface area contributed by atoms with Crippen LogP contribution in [-0.2, 0) is 4.79 Å². The quantitative estimate of drug-likeness (QED) is 0.674. The molecule has 0 aliphatic rings. The van der Waals surface area contributed by atoms with Crippen LogP contribution in [-0.4, -0.2) is 39.2 Å². The zero-order valence-electron chi connectivity index (χ0n) is 16.3. The number of ether oxygens (including phenoxy) is 4. The number of carbonyl (C=O) groups excluding carboxylic acids is 2. The Kier molecular flexibility index (Phi) is 7.50. The van der Waals surface area contributed by atoms with Crippen molar-refractivity contribution >= 4 is 11.8 Å². The van der Waals surface area contributed by atoms with E-state index in [4.69, 9.17) is 18.9 Å². The maximum Gasteiger partial charge on any atom is 0.279 e. The van der Waals surface area contributed by atoms with Gasteiger partial charge in [0.1, 0.15) is 5.75 Å². The molecule has 2 aromatic rings. The van der Waals surface area contributed by atoms with E-state index in [1.165, 1.54) is 33.5 Å². The van der Waals surface area contributed by atoms with Crippen molar-refractivity contribution < 1.29 is 28.5 Å².